The number of hydrogen-bond donors (Lipinski definition) is 3. The molecule has 0 spiro atoms. The molecule has 3 unspecified atom stereocenters. The molecule has 1 saturated carbocycles. The highest BCUT2D eigenvalue weighted by Gasteiger charge is 2.39. The van der Waals surface area contributed by atoms with E-state index >= 15 is 0 Å². The Kier molecular flexibility index (Phi) is 7.85. The van der Waals surface area contributed by atoms with E-state index in [1.807, 2.05) is 34.6 Å². The molecule has 0 bridgehead atoms. The lowest BCUT2D eigenvalue weighted by Gasteiger charge is -2.33. The summed E-state index contributed by atoms with van der Waals surface area (Å²) in [4.78, 5) is 37.2. The van der Waals surface area contributed by atoms with Gasteiger partial charge >= 0.3 is 5.97 Å². The van der Waals surface area contributed by atoms with E-state index in [0.29, 0.717) is 6.42 Å². The average molecular weight is 367 g/mol. The standard InChI is InChI=1S/C20H34N2O4/c1-7-8-14(19(25)26)15(11-12(2)3)17(23)22-16(20(4,5)6)18(24)21-13-9-10-13/h7,12-16H,1,8-11H2,2-6H3,(H,21,24)(H,22,23)(H,25,26). The number of hydrogen-bond acceptors (Lipinski definition) is 3. The highest BCUT2D eigenvalue weighted by atomic mass is 16.4. The number of aliphatic carboxylic acids is 1. The van der Waals surface area contributed by atoms with Gasteiger partial charge in [-0.05, 0) is 37.0 Å². The molecule has 0 heterocycles. The van der Waals surface area contributed by atoms with Crippen molar-refractivity contribution in [2.75, 3.05) is 0 Å². The van der Waals surface area contributed by atoms with E-state index in [4.69, 9.17) is 0 Å². The molecule has 3 atom stereocenters. The van der Waals surface area contributed by atoms with Crippen molar-refractivity contribution in [2.24, 2.45) is 23.2 Å². The second kappa shape index (κ2) is 9.19. The van der Waals surface area contributed by atoms with Crippen molar-refractivity contribution in [3.05, 3.63) is 12.7 Å². The van der Waals surface area contributed by atoms with Crippen LogP contribution in [-0.4, -0.2) is 35.0 Å². The Labute approximate surface area is 156 Å². The molecule has 0 aromatic carbocycles. The topological polar surface area (TPSA) is 95.5 Å². The Morgan fingerprint density at radius 3 is 2.12 bits per heavy atom. The van der Waals surface area contributed by atoms with Crippen molar-refractivity contribution < 1.29 is 19.5 Å². The Bertz CT molecular complexity index is 532. The molecule has 0 aromatic rings. The maximum absolute atomic E-state index is 13.0. The largest absolute Gasteiger partial charge is 0.481 e. The van der Waals surface area contributed by atoms with Crippen LogP contribution in [0.25, 0.3) is 0 Å². The van der Waals surface area contributed by atoms with E-state index in [9.17, 15) is 19.5 Å². The summed E-state index contributed by atoms with van der Waals surface area (Å²) in [5, 5.41) is 15.3. The van der Waals surface area contributed by atoms with Gasteiger partial charge in [0.2, 0.25) is 11.8 Å². The lowest BCUT2D eigenvalue weighted by Crippen LogP contribution is -2.56. The number of carboxylic acid groups (broad SMARTS) is 1. The van der Waals surface area contributed by atoms with Crippen LogP contribution in [0.1, 0.15) is 60.3 Å². The molecule has 1 fully saturated rings. The minimum absolute atomic E-state index is 0.158. The van der Waals surface area contributed by atoms with Crippen LogP contribution in [0.4, 0.5) is 0 Å². The van der Waals surface area contributed by atoms with Gasteiger partial charge in [-0.15, -0.1) is 6.58 Å². The summed E-state index contributed by atoms with van der Waals surface area (Å²) in [5.41, 5.74) is -0.478. The molecular formula is C20H34N2O4. The van der Waals surface area contributed by atoms with Gasteiger partial charge < -0.3 is 15.7 Å². The van der Waals surface area contributed by atoms with Gasteiger partial charge in [-0.25, -0.2) is 0 Å². The van der Waals surface area contributed by atoms with Crippen molar-refractivity contribution in [2.45, 2.75) is 72.4 Å². The molecule has 3 N–H and O–H groups in total. The highest BCUT2D eigenvalue weighted by molar-refractivity contribution is 5.91. The van der Waals surface area contributed by atoms with E-state index in [1.54, 1.807) is 0 Å². The Morgan fingerprint density at radius 1 is 1.15 bits per heavy atom. The summed E-state index contributed by atoms with van der Waals surface area (Å²) in [6.07, 6.45) is 4.12. The summed E-state index contributed by atoms with van der Waals surface area (Å²) in [5.74, 6) is -2.98. The van der Waals surface area contributed by atoms with Crippen LogP contribution in [0.15, 0.2) is 12.7 Å². The van der Waals surface area contributed by atoms with Crippen LogP contribution in [0.3, 0.4) is 0 Å². The quantitative estimate of drug-likeness (QED) is 0.518. The molecular weight excluding hydrogens is 332 g/mol. The molecule has 1 aliphatic carbocycles. The number of rotatable bonds is 10. The van der Waals surface area contributed by atoms with Crippen LogP contribution >= 0.6 is 0 Å². The summed E-state index contributed by atoms with van der Waals surface area (Å²) in [6.45, 7) is 13.2. The summed E-state index contributed by atoms with van der Waals surface area (Å²) >= 11 is 0. The predicted octanol–water partition coefficient (Wildman–Crippen LogP) is 2.74. The van der Waals surface area contributed by atoms with Crippen molar-refractivity contribution in [1.29, 1.82) is 0 Å². The lowest BCUT2D eigenvalue weighted by atomic mass is 9.81. The third-order valence-corrected chi connectivity index (χ3v) is 4.62. The molecule has 0 saturated heterocycles. The van der Waals surface area contributed by atoms with Gasteiger partial charge in [0, 0.05) is 6.04 Å². The van der Waals surface area contributed by atoms with E-state index < -0.39 is 29.3 Å². The first-order chi connectivity index (χ1) is 12.0. The first-order valence-electron chi connectivity index (χ1n) is 9.41. The van der Waals surface area contributed by atoms with Gasteiger partial charge in [0.25, 0.3) is 0 Å². The van der Waals surface area contributed by atoms with Crippen LogP contribution < -0.4 is 10.6 Å². The van der Waals surface area contributed by atoms with Crippen LogP contribution in [0.5, 0.6) is 0 Å². The third-order valence-electron chi connectivity index (χ3n) is 4.62. The molecule has 0 aromatic heterocycles. The first kappa shape index (κ1) is 22.2. The van der Waals surface area contributed by atoms with Crippen LogP contribution in [0.2, 0.25) is 0 Å². The highest BCUT2D eigenvalue weighted by Crippen LogP contribution is 2.27. The fraction of sp³-hybridized carbons (Fsp3) is 0.750. The Hall–Kier alpha value is -1.85. The summed E-state index contributed by atoms with van der Waals surface area (Å²) < 4.78 is 0. The predicted molar refractivity (Wildman–Crippen MR) is 101 cm³/mol. The normalized spacial score (nSPS) is 17.9. The zero-order chi connectivity index (χ0) is 20.1. The fourth-order valence-corrected chi connectivity index (χ4v) is 3.02. The van der Waals surface area contributed by atoms with E-state index in [2.05, 4.69) is 17.2 Å². The maximum Gasteiger partial charge on any atom is 0.307 e. The lowest BCUT2D eigenvalue weighted by molar-refractivity contribution is -0.148. The van der Waals surface area contributed by atoms with Gasteiger partial charge in [0.05, 0.1) is 11.8 Å². The minimum atomic E-state index is -1.01. The SMILES string of the molecule is C=CCC(C(=O)O)C(CC(C)C)C(=O)NC(C(=O)NC1CC1)C(C)(C)C. The molecule has 1 aliphatic rings. The van der Waals surface area contributed by atoms with Gasteiger partial charge in [-0.1, -0.05) is 40.7 Å². The smallest absolute Gasteiger partial charge is 0.307 e. The van der Waals surface area contributed by atoms with Gasteiger partial charge in [-0.3, -0.25) is 14.4 Å². The molecule has 1 rings (SSSR count). The molecule has 6 heteroatoms. The minimum Gasteiger partial charge on any atom is -0.481 e. The summed E-state index contributed by atoms with van der Waals surface area (Å²) in [6, 6.07) is -0.508. The third kappa shape index (κ3) is 6.81. The number of carbonyl (C=O) groups excluding carboxylic acids is 2. The number of nitrogens with one attached hydrogen (secondary N) is 2. The molecule has 148 valence electrons. The van der Waals surface area contributed by atoms with E-state index in [1.165, 1.54) is 6.08 Å². The van der Waals surface area contributed by atoms with Crippen molar-refractivity contribution >= 4 is 17.8 Å². The molecule has 0 radical (unpaired) electrons. The number of carbonyl (C=O) groups is 3. The van der Waals surface area contributed by atoms with Crippen LogP contribution in [0, 0.1) is 23.2 Å². The van der Waals surface area contributed by atoms with Gasteiger partial charge in [0.1, 0.15) is 6.04 Å². The number of allylic oxidation sites excluding steroid dienone is 1. The van der Waals surface area contributed by atoms with Crippen molar-refractivity contribution in [3.8, 4) is 0 Å². The molecule has 2 amide bonds. The monoisotopic (exact) mass is 366 g/mol. The van der Waals surface area contributed by atoms with Crippen LogP contribution in [-0.2, 0) is 14.4 Å². The average Bonchev–Trinajstić information content (AvgIpc) is 3.30. The second-order valence-corrected chi connectivity index (χ2v) is 8.80. The number of carboxylic acids is 1. The second-order valence-electron chi connectivity index (χ2n) is 8.80. The Morgan fingerprint density at radius 2 is 1.73 bits per heavy atom. The fourth-order valence-electron chi connectivity index (χ4n) is 3.02. The zero-order valence-electron chi connectivity index (χ0n) is 16.7. The van der Waals surface area contributed by atoms with E-state index in [0.717, 1.165) is 12.8 Å². The van der Waals surface area contributed by atoms with Gasteiger partial charge in [-0.2, -0.15) is 0 Å². The van der Waals surface area contributed by atoms with E-state index in [-0.39, 0.29) is 30.2 Å². The zero-order valence-corrected chi connectivity index (χ0v) is 16.7. The molecule has 26 heavy (non-hydrogen) atoms. The molecule has 6 nitrogen and oxygen atoms in total. The summed E-state index contributed by atoms with van der Waals surface area (Å²) in [7, 11) is 0. The van der Waals surface area contributed by atoms with Crippen molar-refractivity contribution in [1.82, 2.24) is 10.6 Å². The van der Waals surface area contributed by atoms with Gasteiger partial charge in [0.15, 0.2) is 0 Å². The first-order valence-corrected chi connectivity index (χ1v) is 9.41. The maximum atomic E-state index is 13.0. The molecule has 0 aliphatic heterocycles. The van der Waals surface area contributed by atoms with Crippen molar-refractivity contribution in [3.63, 3.8) is 0 Å². The Balaban J connectivity index is 3.00. The number of amides is 2.